The smallest absolute Gasteiger partial charge is 0.127 e. The Morgan fingerprint density at radius 3 is 2.68 bits per heavy atom. The monoisotopic (exact) mass is 263 g/mol. The van der Waals surface area contributed by atoms with Crippen molar-refractivity contribution in [2.75, 3.05) is 18.1 Å². The van der Waals surface area contributed by atoms with Gasteiger partial charge in [0.05, 0.1) is 6.61 Å². The Hall–Kier alpha value is -1.06. The molecule has 0 bridgehead atoms. The minimum absolute atomic E-state index is 0.0697. The predicted molar refractivity (Wildman–Crippen MR) is 78.4 cm³/mol. The summed E-state index contributed by atoms with van der Waals surface area (Å²) in [5, 5.41) is 19.1. The molecule has 0 aromatic heterocycles. The number of benzene rings is 1. The van der Waals surface area contributed by atoms with Crippen LogP contribution in [0.3, 0.4) is 0 Å². The Balaban J connectivity index is 2.26. The maximum atomic E-state index is 10.0. The van der Waals surface area contributed by atoms with E-state index in [-0.39, 0.29) is 12.0 Å². The molecule has 0 amide bonds. The van der Waals surface area contributed by atoms with Crippen LogP contribution in [0.2, 0.25) is 0 Å². The van der Waals surface area contributed by atoms with Crippen molar-refractivity contribution < 1.29 is 10.2 Å². The Morgan fingerprint density at radius 1 is 1.32 bits per heavy atom. The predicted octanol–water partition coefficient (Wildman–Crippen LogP) is 2.34. The topological polar surface area (TPSA) is 43.7 Å². The third kappa shape index (κ3) is 3.48. The van der Waals surface area contributed by atoms with Gasteiger partial charge in [-0.15, -0.1) is 0 Å². The van der Waals surface area contributed by atoms with E-state index < -0.39 is 6.23 Å². The van der Waals surface area contributed by atoms with Gasteiger partial charge in [0.2, 0.25) is 0 Å². The van der Waals surface area contributed by atoms with E-state index in [0.29, 0.717) is 6.54 Å². The van der Waals surface area contributed by atoms with Gasteiger partial charge in [0.15, 0.2) is 0 Å². The summed E-state index contributed by atoms with van der Waals surface area (Å²) < 4.78 is 0. The summed E-state index contributed by atoms with van der Waals surface area (Å²) in [5.74, 6) is 0. The molecule has 2 N–H and O–H groups in total. The van der Waals surface area contributed by atoms with Crippen molar-refractivity contribution in [3.8, 4) is 0 Å². The highest BCUT2D eigenvalue weighted by molar-refractivity contribution is 5.57. The zero-order chi connectivity index (χ0) is 14.0. The van der Waals surface area contributed by atoms with Gasteiger partial charge in [-0.1, -0.05) is 32.9 Å². The SMILES string of the molecule is CC(C)(C)Cc1ccc2c(c1)CCC(O)N2CCO. The lowest BCUT2D eigenvalue weighted by Gasteiger charge is -2.36. The fraction of sp³-hybridized carbons (Fsp3) is 0.625. The van der Waals surface area contributed by atoms with E-state index in [1.54, 1.807) is 0 Å². The van der Waals surface area contributed by atoms with Crippen LogP contribution in [-0.4, -0.2) is 29.6 Å². The third-order valence-corrected chi connectivity index (χ3v) is 3.56. The summed E-state index contributed by atoms with van der Waals surface area (Å²) in [7, 11) is 0. The fourth-order valence-corrected chi connectivity index (χ4v) is 2.82. The van der Waals surface area contributed by atoms with Gasteiger partial charge in [0, 0.05) is 12.2 Å². The minimum atomic E-state index is -0.465. The second-order valence-electron chi connectivity index (χ2n) is 6.64. The maximum absolute atomic E-state index is 10.0. The summed E-state index contributed by atoms with van der Waals surface area (Å²) in [6.07, 6.45) is 2.25. The van der Waals surface area contributed by atoms with Crippen LogP contribution in [0.5, 0.6) is 0 Å². The minimum Gasteiger partial charge on any atom is -0.395 e. The molecule has 0 saturated carbocycles. The number of β-amino-alcohol motifs (C(OH)–C–C–N with tert-alkyl or cyclic N) is 1. The van der Waals surface area contributed by atoms with E-state index in [2.05, 4.69) is 39.0 Å². The molecule has 0 fully saturated rings. The molecule has 3 heteroatoms. The van der Waals surface area contributed by atoms with Crippen LogP contribution in [0.1, 0.15) is 38.3 Å². The Bertz CT molecular complexity index is 437. The second-order valence-corrected chi connectivity index (χ2v) is 6.64. The molecular formula is C16H25NO2. The van der Waals surface area contributed by atoms with Gasteiger partial charge in [0.1, 0.15) is 6.23 Å². The van der Waals surface area contributed by atoms with E-state index in [9.17, 15) is 5.11 Å². The van der Waals surface area contributed by atoms with Crippen molar-refractivity contribution in [3.05, 3.63) is 29.3 Å². The van der Waals surface area contributed by atoms with Gasteiger partial charge in [-0.2, -0.15) is 0 Å². The van der Waals surface area contributed by atoms with Crippen molar-refractivity contribution in [3.63, 3.8) is 0 Å². The summed E-state index contributed by atoms with van der Waals surface area (Å²) in [5.41, 5.74) is 4.00. The van der Waals surface area contributed by atoms with E-state index >= 15 is 0 Å². The highest BCUT2D eigenvalue weighted by atomic mass is 16.3. The molecule has 19 heavy (non-hydrogen) atoms. The number of fused-ring (bicyclic) bond motifs is 1. The highest BCUT2D eigenvalue weighted by Crippen LogP contribution is 2.32. The molecule has 1 unspecified atom stereocenters. The Labute approximate surface area is 115 Å². The number of aryl methyl sites for hydroxylation is 1. The maximum Gasteiger partial charge on any atom is 0.127 e. The van der Waals surface area contributed by atoms with Gasteiger partial charge < -0.3 is 15.1 Å². The molecule has 3 nitrogen and oxygen atoms in total. The van der Waals surface area contributed by atoms with Crippen molar-refractivity contribution in [2.24, 2.45) is 5.41 Å². The van der Waals surface area contributed by atoms with Gasteiger partial charge in [0.25, 0.3) is 0 Å². The largest absolute Gasteiger partial charge is 0.395 e. The lowest BCUT2D eigenvalue weighted by Crippen LogP contribution is -2.41. The van der Waals surface area contributed by atoms with E-state index in [0.717, 1.165) is 24.9 Å². The summed E-state index contributed by atoms with van der Waals surface area (Å²) in [6, 6.07) is 6.50. The average Bonchev–Trinajstić information content (AvgIpc) is 2.31. The number of anilines is 1. The fourth-order valence-electron chi connectivity index (χ4n) is 2.82. The first kappa shape index (κ1) is 14.4. The summed E-state index contributed by atoms with van der Waals surface area (Å²) in [6.45, 7) is 7.30. The van der Waals surface area contributed by atoms with Gasteiger partial charge >= 0.3 is 0 Å². The molecule has 1 aromatic carbocycles. The molecule has 1 aliphatic rings. The normalized spacial score (nSPS) is 19.4. The molecule has 1 heterocycles. The molecule has 0 saturated heterocycles. The quantitative estimate of drug-likeness (QED) is 0.879. The lowest BCUT2D eigenvalue weighted by atomic mass is 9.86. The van der Waals surface area contributed by atoms with Crippen molar-refractivity contribution in [1.29, 1.82) is 0 Å². The Kier molecular flexibility index (Phi) is 4.16. The molecule has 0 spiro atoms. The van der Waals surface area contributed by atoms with Crippen LogP contribution in [0, 0.1) is 5.41 Å². The van der Waals surface area contributed by atoms with Gasteiger partial charge in [-0.3, -0.25) is 0 Å². The molecule has 106 valence electrons. The van der Waals surface area contributed by atoms with E-state index in [4.69, 9.17) is 5.11 Å². The molecule has 1 aromatic rings. The van der Waals surface area contributed by atoms with Crippen molar-refractivity contribution in [2.45, 2.75) is 46.3 Å². The highest BCUT2D eigenvalue weighted by Gasteiger charge is 2.24. The molecular weight excluding hydrogens is 238 g/mol. The van der Waals surface area contributed by atoms with E-state index in [1.807, 2.05) is 4.90 Å². The number of hydrogen-bond donors (Lipinski definition) is 2. The number of aliphatic hydroxyl groups is 2. The van der Waals surface area contributed by atoms with Crippen LogP contribution in [-0.2, 0) is 12.8 Å². The molecule has 0 radical (unpaired) electrons. The average molecular weight is 263 g/mol. The van der Waals surface area contributed by atoms with Gasteiger partial charge in [-0.25, -0.2) is 0 Å². The van der Waals surface area contributed by atoms with Crippen molar-refractivity contribution in [1.82, 2.24) is 0 Å². The molecule has 1 atom stereocenters. The van der Waals surface area contributed by atoms with Crippen LogP contribution < -0.4 is 4.90 Å². The zero-order valence-electron chi connectivity index (χ0n) is 12.2. The van der Waals surface area contributed by atoms with Crippen LogP contribution in [0.15, 0.2) is 18.2 Å². The lowest BCUT2D eigenvalue weighted by molar-refractivity contribution is 0.145. The molecule has 2 rings (SSSR count). The summed E-state index contributed by atoms with van der Waals surface area (Å²) >= 11 is 0. The first-order chi connectivity index (χ1) is 8.90. The Morgan fingerprint density at radius 2 is 2.05 bits per heavy atom. The number of hydrogen-bond acceptors (Lipinski definition) is 3. The van der Waals surface area contributed by atoms with Gasteiger partial charge in [-0.05, 0) is 41.9 Å². The summed E-state index contributed by atoms with van der Waals surface area (Å²) in [4.78, 5) is 1.90. The first-order valence-electron chi connectivity index (χ1n) is 7.08. The first-order valence-corrected chi connectivity index (χ1v) is 7.08. The second kappa shape index (κ2) is 5.51. The number of nitrogens with zero attached hydrogens (tertiary/aromatic N) is 1. The molecule has 1 aliphatic heterocycles. The number of rotatable bonds is 3. The van der Waals surface area contributed by atoms with Crippen molar-refractivity contribution >= 4 is 5.69 Å². The van der Waals surface area contributed by atoms with Crippen LogP contribution in [0.25, 0.3) is 0 Å². The zero-order valence-corrected chi connectivity index (χ0v) is 12.2. The third-order valence-electron chi connectivity index (χ3n) is 3.56. The standard InChI is InChI=1S/C16H25NO2/c1-16(2,3)11-12-4-6-14-13(10-12)5-7-15(19)17(14)8-9-18/h4,6,10,15,18-19H,5,7-9,11H2,1-3H3. The van der Waals surface area contributed by atoms with Crippen LogP contribution >= 0.6 is 0 Å². The molecule has 0 aliphatic carbocycles. The van der Waals surface area contributed by atoms with Crippen LogP contribution in [0.4, 0.5) is 5.69 Å². The number of aliphatic hydroxyl groups excluding tert-OH is 2. The van der Waals surface area contributed by atoms with E-state index in [1.165, 1.54) is 11.1 Å².